The average Bonchev–Trinajstić information content (AvgIpc) is 2.37. The molecule has 1 saturated heterocycles. The van der Waals surface area contributed by atoms with Gasteiger partial charge in [0.1, 0.15) is 0 Å². The summed E-state index contributed by atoms with van der Waals surface area (Å²) in [6.45, 7) is 4.99. The first-order chi connectivity index (χ1) is 8.33. The van der Waals surface area contributed by atoms with Crippen molar-refractivity contribution in [2.75, 3.05) is 19.7 Å². The number of hydrogen-bond donors (Lipinski definition) is 1. The molecule has 1 N–H and O–H groups in total. The maximum absolute atomic E-state index is 6.26. The third kappa shape index (κ3) is 3.21. The second-order valence-electron chi connectivity index (χ2n) is 4.52. The van der Waals surface area contributed by atoms with Crippen LogP contribution in [0.1, 0.15) is 31.4 Å². The van der Waals surface area contributed by atoms with E-state index in [1.807, 2.05) is 18.2 Å². The molecule has 1 heterocycles. The maximum Gasteiger partial charge on any atom is 0.0879 e. The number of halogens is 1. The Kier molecular flexibility index (Phi) is 4.84. The summed E-state index contributed by atoms with van der Waals surface area (Å²) in [5.41, 5.74) is 1.14. The van der Waals surface area contributed by atoms with Crippen molar-refractivity contribution in [3.05, 3.63) is 34.9 Å². The molecule has 1 aromatic carbocycles. The second kappa shape index (κ2) is 6.39. The fourth-order valence-electron chi connectivity index (χ4n) is 2.43. The molecule has 2 nitrogen and oxygen atoms in total. The Morgan fingerprint density at radius 3 is 3.00 bits per heavy atom. The Balaban J connectivity index is 2.13. The Hall–Kier alpha value is -0.570. The van der Waals surface area contributed by atoms with E-state index in [2.05, 4.69) is 18.3 Å². The molecule has 2 atom stereocenters. The van der Waals surface area contributed by atoms with Gasteiger partial charge in [-0.15, -0.1) is 0 Å². The van der Waals surface area contributed by atoms with Crippen LogP contribution in [-0.4, -0.2) is 19.7 Å². The van der Waals surface area contributed by atoms with Gasteiger partial charge < -0.3 is 10.1 Å². The average molecular weight is 254 g/mol. The van der Waals surface area contributed by atoms with E-state index in [1.54, 1.807) is 0 Å². The third-order valence-corrected chi connectivity index (χ3v) is 3.66. The van der Waals surface area contributed by atoms with Crippen molar-refractivity contribution < 1.29 is 4.74 Å². The van der Waals surface area contributed by atoms with Crippen molar-refractivity contribution in [2.45, 2.75) is 25.9 Å². The Labute approximate surface area is 108 Å². The van der Waals surface area contributed by atoms with Gasteiger partial charge in [0.25, 0.3) is 0 Å². The van der Waals surface area contributed by atoms with Crippen LogP contribution in [0.5, 0.6) is 0 Å². The molecule has 1 fully saturated rings. The summed E-state index contributed by atoms with van der Waals surface area (Å²) in [6.07, 6.45) is 2.51. The lowest BCUT2D eigenvalue weighted by atomic mass is 9.89. The minimum Gasteiger partial charge on any atom is -0.373 e. The summed E-state index contributed by atoms with van der Waals surface area (Å²) in [6, 6.07) is 8.02. The van der Waals surface area contributed by atoms with Gasteiger partial charge in [0, 0.05) is 24.1 Å². The summed E-state index contributed by atoms with van der Waals surface area (Å²) < 4.78 is 5.93. The van der Waals surface area contributed by atoms with Crippen LogP contribution in [0, 0.1) is 5.92 Å². The van der Waals surface area contributed by atoms with Crippen LogP contribution in [0.2, 0.25) is 5.02 Å². The van der Waals surface area contributed by atoms with Gasteiger partial charge in [-0.1, -0.05) is 36.7 Å². The number of benzene rings is 1. The molecule has 0 aliphatic carbocycles. The Morgan fingerprint density at radius 1 is 1.41 bits per heavy atom. The summed E-state index contributed by atoms with van der Waals surface area (Å²) in [4.78, 5) is 0. The first-order valence-electron chi connectivity index (χ1n) is 6.39. The van der Waals surface area contributed by atoms with Gasteiger partial charge in [-0.25, -0.2) is 0 Å². The van der Waals surface area contributed by atoms with Gasteiger partial charge in [-0.3, -0.25) is 0 Å². The van der Waals surface area contributed by atoms with E-state index in [1.165, 1.54) is 6.42 Å². The molecule has 2 unspecified atom stereocenters. The summed E-state index contributed by atoms with van der Waals surface area (Å²) in [5.74, 6) is 0.531. The molecule has 1 aliphatic heterocycles. The SMILES string of the molecule is CCNCC1CCCOC1c1ccccc1Cl. The normalized spacial score (nSPS) is 24.8. The molecule has 17 heavy (non-hydrogen) atoms. The van der Waals surface area contributed by atoms with Crippen LogP contribution in [0.25, 0.3) is 0 Å². The molecule has 0 bridgehead atoms. The van der Waals surface area contributed by atoms with Crippen LogP contribution in [0.4, 0.5) is 0 Å². The standard InChI is InChI=1S/C14H20ClNO/c1-2-16-10-11-6-5-9-17-14(11)12-7-3-4-8-13(12)15/h3-4,7-8,11,14,16H,2,5-6,9-10H2,1H3. The minimum absolute atomic E-state index is 0.150. The molecule has 0 amide bonds. The van der Waals surface area contributed by atoms with Crippen molar-refractivity contribution in [1.82, 2.24) is 5.32 Å². The summed E-state index contributed by atoms with van der Waals surface area (Å²) in [7, 11) is 0. The molecule has 2 rings (SSSR count). The van der Waals surface area contributed by atoms with Crippen LogP contribution in [0.3, 0.4) is 0 Å². The number of nitrogens with one attached hydrogen (secondary N) is 1. The smallest absolute Gasteiger partial charge is 0.0879 e. The van der Waals surface area contributed by atoms with Crippen molar-refractivity contribution >= 4 is 11.6 Å². The molecule has 94 valence electrons. The Bertz CT molecular complexity index is 356. The molecule has 3 heteroatoms. The van der Waals surface area contributed by atoms with Gasteiger partial charge in [-0.05, 0) is 31.0 Å². The third-order valence-electron chi connectivity index (χ3n) is 3.31. The van der Waals surface area contributed by atoms with Gasteiger partial charge in [-0.2, -0.15) is 0 Å². The number of rotatable bonds is 4. The van der Waals surface area contributed by atoms with E-state index in [0.29, 0.717) is 5.92 Å². The number of ether oxygens (including phenoxy) is 1. The highest BCUT2D eigenvalue weighted by atomic mass is 35.5. The highest BCUT2D eigenvalue weighted by Gasteiger charge is 2.28. The van der Waals surface area contributed by atoms with E-state index >= 15 is 0 Å². The van der Waals surface area contributed by atoms with Gasteiger partial charge >= 0.3 is 0 Å². The predicted molar refractivity (Wildman–Crippen MR) is 71.4 cm³/mol. The molecule has 1 aliphatic rings. The molecule has 1 aromatic rings. The lowest BCUT2D eigenvalue weighted by Gasteiger charge is -2.32. The monoisotopic (exact) mass is 253 g/mol. The fraction of sp³-hybridized carbons (Fsp3) is 0.571. The van der Waals surface area contributed by atoms with Crippen LogP contribution >= 0.6 is 11.6 Å². The maximum atomic E-state index is 6.26. The molecule has 0 spiro atoms. The van der Waals surface area contributed by atoms with Crippen LogP contribution in [-0.2, 0) is 4.74 Å². The zero-order valence-corrected chi connectivity index (χ0v) is 11.0. The van der Waals surface area contributed by atoms with E-state index in [-0.39, 0.29) is 6.10 Å². The summed E-state index contributed by atoms with van der Waals surface area (Å²) >= 11 is 6.26. The first kappa shape index (κ1) is 12.9. The molecular weight excluding hydrogens is 234 g/mol. The molecular formula is C14H20ClNO. The van der Waals surface area contributed by atoms with Crippen LogP contribution in [0.15, 0.2) is 24.3 Å². The highest BCUT2D eigenvalue weighted by Crippen LogP contribution is 2.36. The molecule has 0 aromatic heterocycles. The van der Waals surface area contributed by atoms with Crippen molar-refractivity contribution in [3.8, 4) is 0 Å². The summed E-state index contributed by atoms with van der Waals surface area (Å²) in [5, 5.41) is 4.23. The van der Waals surface area contributed by atoms with Gasteiger partial charge in [0.2, 0.25) is 0 Å². The minimum atomic E-state index is 0.150. The quantitative estimate of drug-likeness (QED) is 0.888. The molecule has 0 radical (unpaired) electrons. The fourth-order valence-corrected chi connectivity index (χ4v) is 2.67. The molecule has 0 saturated carbocycles. The van der Waals surface area contributed by atoms with Crippen molar-refractivity contribution in [3.63, 3.8) is 0 Å². The zero-order chi connectivity index (χ0) is 12.1. The Morgan fingerprint density at radius 2 is 2.24 bits per heavy atom. The first-order valence-corrected chi connectivity index (χ1v) is 6.77. The zero-order valence-electron chi connectivity index (χ0n) is 10.3. The van der Waals surface area contributed by atoms with Crippen LogP contribution < -0.4 is 5.32 Å². The van der Waals surface area contributed by atoms with Gasteiger partial charge in [0.05, 0.1) is 6.10 Å². The topological polar surface area (TPSA) is 21.3 Å². The van der Waals surface area contributed by atoms with E-state index in [9.17, 15) is 0 Å². The van der Waals surface area contributed by atoms with E-state index in [4.69, 9.17) is 16.3 Å². The largest absolute Gasteiger partial charge is 0.373 e. The lowest BCUT2D eigenvalue weighted by molar-refractivity contribution is -0.0275. The van der Waals surface area contributed by atoms with Gasteiger partial charge in [0.15, 0.2) is 0 Å². The van der Waals surface area contributed by atoms with E-state index in [0.717, 1.165) is 36.7 Å². The highest BCUT2D eigenvalue weighted by molar-refractivity contribution is 6.31. The predicted octanol–water partition coefficient (Wildman–Crippen LogP) is 3.42. The van der Waals surface area contributed by atoms with E-state index < -0.39 is 0 Å². The second-order valence-corrected chi connectivity index (χ2v) is 4.93. The van der Waals surface area contributed by atoms with Crippen molar-refractivity contribution in [2.24, 2.45) is 5.92 Å². The van der Waals surface area contributed by atoms with Crippen molar-refractivity contribution in [1.29, 1.82) is 0 Å². The number of hydrogen-bond acceptors (Lipinski definition) is 2. The lowest BCUT2D eigenvalue weighted by Crippen LogP contribution is -2.32.